The quantitative estimate of drug-likeness (QED) is 0.444. The first-order chi connectivity index (χ1) is 11.9. The molecule has 0 aliphatic rings. The molecule has 0 saturated carbocycles. The van der Waals surface area contributed by atoms with Crippen LogP contribution < -0.4 is 4.74 Å². The van der Waals surface area contributed by atoms with Crippen LogP contribution in [0.3, 0.4) is 0 Å². The van der Waals surface area contributed by atoms with Crippen LogP contribution in [-0.2, 0) is 11.3 Å². The first-order valence-corrected chi connectivity index (χ1v) is 7.78. The molecule has 0 aromatic heterocycles. The van der Waals surface area contributed by atoms with Crippen molar-refractivity contribution in [3.05, 3.63) is 74.8 Å². The summed E-state index contributed by atoms with van der Waals surface area (Å²) in [6, 6.07) is 11.3. The van der Waals surface area contributed by atoms with Gasteiger partial charge in [0.25, 0.3) is 5.69 Å². The predicted molar refractivity (Wildman–Crippen MR) is 96.6 cm³/mol. The minimum Gasteiger partial charge on any atom is -0.496 e. The summed E-state index contributed by atoms with van der Waals surface area (Å²) < 4.78 is 5.27. The average Bonchev–Trinajstić information content (AvgIpc) is 2.60. The number of carbonyl (C=O) groups excluding carboxylic acids is 1. The Morgan fingerprint density at radius 2 is 2.08 bits per heavy atom. The molecule has 0 unspecified atom stereocenters. The molecule has 0 bridgehead atoms. The maximum absolute atomic E-state index is 12.3. The largest absolute Gasteiger partial charge is 0.496 e. The maximum atomic E-state index is 12.3. The summed E-state index contributed by atoms with van der Waals surface area (Å²) >= 11 is 5.99. The molecule has 0 heterocycles. The number of halogens is 1. The molecule has 1 amide bonds. The summed E-state index contributed by atoms with van der Waals surface area (Å²) in [4.78, 5) is 24.1. The van der Waals surface area contributed by atoms with E-state index in [4.69, 9.17) is 16.3 Å². The van der Waals surface area contributed by atoms with Crippen LogP contribution in [0, 0.1) is 10.1 Å². The highest BCUT2D eigenvalue weighted by molar-refractivity contribution is 6.30. The van der Waals surface area contributed by atoms with E-state index in [-0.39, 0.29) is 11.6 Å². The second kappa shape index (κ2) is 8.30. The number of carbonyl (C=O) groups is 1. The van der Waals surface area contributed by atoms with Gasteiger partial charge in [-0.1, -0.05) is 23.7 Å². The molecule has 0 saturated heterocycles. The number of amides is 1. The van der Waals surface area contributed by atoms with E-state index >= 15 is 0 Å². The van der Waals surface area contributed by atoms with Crippen LogP contribution in [-0.4, -0.2) is 29.9 Å². The number of benzene rings is 2. The van der Waals surface area contributed by atoms with Crippen molar-refractivity contribution in [2.24, 2.45) is 0 Å². The predicted octanol–water partition coefficient (Wildman–Crippen LogP) is 3.93. The topological polar surface area (TPSA) is 72.7 Å². The number of non-ortho nitro benzene ring substituents is 1. The summed E-state index contributed by atoms with van der Waals surface area (Å²) in [5.74, 6) is 0.403. The van der Waals surface area contributed by atoms with Gasteiger partial charge in [-0.15, -0.1) is 0 Å². The van der Waals surface area contributed by atoms with Gasteiger partial charge in [-0.2, -0.15) is 0 Å². The zero-order chi connectivity index (χ0) is 18.4. The smallest absolute Gasteiger partial charge is 0.270 e. The Hall–Kier alpha value is -2.86. The van der Waals surface area contributed by atoms with Gasteiger partial charge in [0.2, 0.25) is 5.91 Å². The Labute approximate surface area is 150 Å². The van der Waals surface area contributed by atoms with E-state index in [9.17, 15) is 14.9 Å². The van der Waals surface area contributed by atoms with Gasteiger partial charge in [0, 0.05) is 42.4 Å². The highest BCUT2D eigenvalue weighted by Crippen LogP contribution is 2.24. The molecular formula is C18H17ClN2O4. The molecule has 130 valence electrons. The molecule has 0 aliphatic heterocycles. The normalized spacial score (nSPS) is 10.7. The average molecular weight is 361 g/mol. The summed E-state index contributed by atoms with van der Waals surface area (Å²) in [7, 11) is 3.21. The van der Waals surface area contributed by atoms with Crippen molar-refractivity contribution in [3.63, 3.8) is 0 Å². The second-order valence-corrected chi connectivity index (χ2v) is 5.77. The van der Waals surface area contributed by atoms with Gasteiger partial charge in [0.1, 0.15) is 5.75 Å². The van der Waals surface area contributed by atoms with Gasteiger partial charge >= 0.3 is 0 Å². The minimum atomic E-state index is -0.475. The number of methoxy groups -OCH3 is 1. The van der Waals surface area contributed by atoms with Crippen molar-refractivity contribution in [1.82, 2.24) is 4.90 Å². The summed E-state index contributed by atoms with van der Waals surface area (Å²) in [5, 5.41) is 11.3. The summed E-state index contributed by atoms with van der Waals surface area (Å²) in [5.41, 5.74) is 1.34. The highest BCUT2D eigenvalue weighted by Gasteiger charge is 2.11. The van der Waals surface area contributed by atoms with Crippen LogP contribution >= 0.6 is 11.6 Å². The number of rotatable bonds is 6. The number of nitrogens with zero attached hydrogens (tertiary/aromatic N) is 2. The van der Waals surface area contributed by atoms with Crippen molar-refractivity contribution in [2.75, 3.05) is 14.2 Å². The molecule has 0 aliphatic carbocycles. The van der Waals surface area contributed by atoms with Crippen LogP contribution in [0.15, 0.2) is 48.5 Å². The number of hydrogen-bond acceptors (Lipinski definition) is 4. The standard InChI is InChI=1S/C18H17ClN2O4/c1-20(12-14-11-15(19)7-8-17(14)25-2)18(22)9-6-13-4-3-5-16(10-13)21(23)24/h3-11H,12H2,1-2H3/b9-6+. The SMILES string of the molecule is COc1ccc(Cl)cc1CN(C)C(=O)/C=C/c1cccc([N+](=O)[O-])c1. The van der Waals surface area contributed by atoms with Crippen molar-refractivity contribution in [3.8, 4) is 5.75 Å². The van der Waals surface area contributed by atoms with E-state index in [0.29, 0.717) is 22.9 Å². The Bertz CT molecular complexity index is 820. The number of ether oxygens (including phenoxy) is 1. The number of nitro groups is 1. The van der Waals surface area contributed by atoms with Crippen molar-refractivity contribution < 1.29 is 14.5 Å². The first kappa shape index (κ1) is 18.5. The van der Waals surface area contributed by atoms with Crippen LogP contribution in [0.2, 0.25) is 5.02 Å². The molecule has 0 fully saturated rings. The van der Waals surface area contributed by atoms with Gasteiger partial charge in [0.15, 0.2) is 0 Å². The zero-order valence-electron chi connectivity index (χ0n) is 13.8. The number of nitro benzene ring substituents is 1. The highest BCUT2D eigenvalue weighted by atomic mass is 35.5. The lowest BCUT2D eigenvalue weighted by Gasteiger charge is -2.17. The third-order valence-corrected chi connectivity index (χ3v) is 3.76. The number of likely N-dealkylation sites (N-methyl/N-ethyl adjacent to an activating group) is 1. The zero-order valence-corrected chi connectivity index (χ0v) is 14.6. The molecule has 25 heavy (non-hydrogen) atoms. The fourth-order valence-corrected chi connectivity index (χ4v) is 2.44. The summed E-state index contributed by atoms with van der Waals surface area (Å²) in [6.45, 7) is 0.321. The second-order valence-electron chi connectivity index (χ2n) is 5.34. The Kier molecular flexibility index (Phi) is 6.14. The molecule has 0 spiro atoms. The molecule has 6 nitrogen and oxygen atoms in total. The fraction of sp³-hybridized carbons (Fsp3) is 0.167. The third kappa shape index (κ3) is 5.06. The molecule has 2 aromatic rings. The van der Waals surface area contributed by atoms with E-state index < -0.39 is 4.92 Å². The summed E-state index contributed by atoms with van der Waals surface area (Å²) in [6.07, 6.45) is 2.91. The maximum Gasteiger partial charge on any atom is 0.270 e. The van der Waals surface area contributed by atoms with Gasteiger partial charge in [0.05, 0.1) is 12.0 Å². The van der Waals surface area contributed by atoms with Crippen LogP contribution in [0.4, 0.5) is 5.69 Å². The van der Waals surface area contributed by atoms with Crippen LogP contribution in [0.25, 0.3) is 6.08 Å². The minimum absolute atomic E-state index is 0.0217. The van der Waals surface area contributed by atoms with Crippen LogP contribution in [0.1, 0.15) is 11.1 Å². The monoisotopic (exact) mass is 360 g/mol. The molecule has 7 heteroatoms. The van der Waals surface area contributed by atoms with Gasteiger partial charge in [-0.25, -0.2) is 0 Å². The van der Waals surface area contributed by atoms with Gasteiger partial charge in [-0.05, 0) is 29.8 Å². The van der Waals surface area contributed by atoms with E-state index in [1.54, 1.807) is 50.6 Å². The van der Waals surface area contributed by atoms with Crippen molar-refractivity contribution in [2.45, 2.75) is 6.54 Å². The van der Waals surface area contributed by atoms with E-state index in [2.05, 4.69) is 0 Å². The van der Waals surface area contributed by atoms with Crippen molar-refractivity contribution in [1.29, 1.82) is 0 Å². The lowest BCUT2D eigenvalue weighted by atomic mass is 10.1. The molecule has 0 N–H and O–H groups in total. The Balaban J connectivity index is 2.09. The van der Waals surface area contributed by atoms with Gasteiger partial charge < -0.3 is 9.64 Å². The fourth-order valence-electron chi connectivity index (χ4n) is 2.24. The van der Waals surface area contributed by atoms with Crippen molar-refractivity contribution >= 4 is 29.3 Å². The lowest BCUT2D eigenvalue weighted by Crippen LogP contribution is -2.24. The molecular weight excluding hydrogens is 344 g/mol. The van der Waals surface area contributed by atoms with Crippen LogP contribution in [0.5, 0.6) is 5.75 Å². The molecule has 0 atom stereocenters. The third-order valence-electron chi connectivity index (χ3n) is 3.53. The Morgan fingerprint density at radius 1 is 1.32 bits per heavy atom. The van der Waals surface area contributed by atoms with Gasteiger partial charge in [-0.3, -0.25) is 14.9 Å². The molecule has 0 radical (unpaired) electrons. The van der Waals surface area contributed by atoms with E-state index in [1.165, 1.54) is 23.1 Å². The lowest BCUT2D eigenvalue weighted by molar-refractivity contribution is -0.384. The Morgan fingerprint density at radius 3 is 2.76 bits per heavy atom. The van der Waals surface area contributed by atoms with E-state index in [0.717, 1.165) is 5.56 Å². The van der Waals surface area contributed by atoms with E-state index in [1.807, 2.05) is 0 Å². The molecule has 2 aromatic carbocycles. The number of hydrogen-bond donors (Lipinski definition) is 0. The first-order valence-electron chi connectivity index (χ1n) is 7.40. The molecule has 2 rings (SSSR count).